The molecule has 0 atom stereocenters. The van der Waals surface area contributed by atoms with Crippen LogP contribution in [0.5, 0.6) is 0 Å². The van der Waals surface area contributed by atoms with Gasteiger partial charge in [0, 0.05) is 17.0 Å². The van der Waals surface area contributed by atoms with Gasteiger partial charge in [0.25, 0.3) is 0 Å². The van der Waals surface area contributed by atoms with Crippen LogP contribution in [0.1, 0.15) is 59.3 Å². The molecule has 1 heterocycles. The van der Waals surface area contributed by atoms with Gasteiger partial charge < -0.3 is 5.32 Å². The van der Waals surface area contributed by atoms with E-state index in [1.165, 1.54) is 42.0 Å². The second-order valence-electron chi connectivity index (χ2n) is 10.1. The summed E-state index contributed by atoms with van der Waals surface area (Å²) in [6.45, 7) is 5.60. The summed E-state index contributed by atoms with van der Waals surface area (Å²) in [5, 5.41) is 3.93. The van der Waals surface area contributed by atoms with E-state index in [-0.39, 0.29) is 29.7 Å². The van der Waals surface area contributed by atoms with Crippen LogP contribution < -0.4 is 5.32 Å². The van der Waals surface area contributed by atoms with Crippen LogP contribution in [0.4, 0.5) is 0 Å². The average molecular weight is 391 g/mol. The molecular weight excluding hydrogens is 360 g/mol. The second kappa shape index (κ2) is 6.64. The highest BCUT2D eigenvalue weighted by molar-refractivity contribution is 8.04. The van der Waals surface area contributed by atoms with Gasteiger partial charge in [0.1, 0.15) is 6.54 Å². The third-order valence-electron chi connectivity index (χ3n) is 6.65. The molecule has 1 saturated heterocycles. The number of hydrogen-bond acceptors (Lipinski definition) is 4. The van der Waals surface area contributed by atoms with Crippen molar-refractivity contribution in [3.63, 3.8) is 0 Å². The number of hydrogen-bond donors (Lipinski definition) is 1. The molecule has 0 aromatic heterocycles. The first-order valence-electron chi connectivity index (χ1n) is 10.1. The Morgan fingerprint density at radius 1 is 1.15 bits per heavy atom. The van der Waals surface area contributed by atoms with Gasteiger partial charge in [0.15, 0.2) is 5.78 Å². The van der Waals surface area contributed by atoms with Gasteiger partial charge in [0.05, 0.1) is 10.8 Å². The maximum atomic E-state index is 12.8. The minimum Gasteiger partial charge on any atom is -0.349 e. The number of thioether (sulfide) groups is 1. The molecule has 5 rings (SSSR count). The van der Waals surface area contributed by atoms with Crippen molar-refractivity contribution in [2.45, 2.75) is 64.8 Å². The molecule has 5 nitrogen and oxygen atoms in total. The molecule has 27 heavy (non-hydrogen) atoms. The van der Waals surface area contributed by atoms with Gasteiger partial charge >= 0.3 is 0 Å². The van der Waals surface area contributed by atoms with E-state index in [0.29, 0.717) is 10.8 Å². The number of nitrogens with zero attached hydrogens (tertiary/aromatic N) is 1. The molecule has 4 saturated carbocycles. The summed E-state index contributed by atoms with van der Waals surface area (Å²) in [5.74, 6) is 2.40. The van der Waals surface area contributed by atoms with Crippen molar-refractivity contribution < 1.29 is 14.4 Å². The highest BCUT2D eigenvalue weighted by atomic mass is 32.2. The summed E-state index contributed by atoms with van der Waals surface area (Å²) in [6.07, 6.45) is 8.82. The zero-order chi connectivity index (χ0) is 19.4. The van der Waals surface area contributed by atoms with E-state index < -0.39 is 5.41 Å². The van der Waals surface area contributed by atoms with Crippen LogP contribution in [0.2, 0.25) is 0 Å². The first-order valence-corrected chi connectivity index (χ1v) is 11.1. The number of rotatable bonds is 4. The van der Waals surface area contributed by atoms with Crippen molar-refractivity contribution in [3.05, 3.63) is 11.1 Å². The normalized spacial score (nSPS) is 36.6. The van der Waals surface area contributed by atoms with Crippen molar-refractivity contribution >= 4 is 29.4 Å². The van der Waals surface area contributed by atoms with Crippen LogP contribution in [0.3, 0.4) is 0 Å². The van der Waals surface area contributed by atoms with Gasteiger partial charge in [0.2, 0.25) is 11.8 Å². The predicted octanol–water partition coefficient (Wildman–Crippen LogP) is 3.10. The fraction of sp³-hybridized carbons (Fsp3) is 0.762. The number of ketones is 1. The van der Waals surface area contributed by atoms with Crippen molar-refractivity contribution in [3.8, 4) is 0 Å². The Labute approximate surface area is 165 Å². The summed E-state index contributed by atoms with van der Waals surface area (Å²) in [4.78, 5) is 38.9. The van der Waals surface area contributed by atoms with E-state index in [2.05, 4.69) is 5.32 Å². The molecule has 0 radical (unpaired) electrons. The summed E-state index contributed by atoms with van der Waals surface area (Å²) >= 11 is 1.35. The highest BCUT2D eigenvalue weighted by Crippen LogP contribution is 2.55. The van der Waals surface area contributed by atoms with E-state index in [4.69, 9.17) is 0 Å². The SMILES string of the molecule is CC(C)(C)C(=O)/C=C1\SCC(=O)N1CC(=O)NC12CC3CC(CC(C3)C1)C2. The molecule has 6 heteroatoms. The summed E-state index contributed by atoms with van der Waals surface area (Å²) in [5.41, 5.74) is -0.542. The van der Waals surface area contributed by atoms with Gasteiger partial charge in [-0.3, -0.25) is 19.3 Å². The zero-order valence-corrected chi connectivity index (χ0v) is 17.4. The Morgan fingerprint density at radius 2 is 1.70 bits per heavy atom. The molecule has 148 valence electrons. The molecule has 0 spiro atoms. The maximum Gasteiger partial charge on any atom is 0.240 e. The molecule has 4 aliphatic carbocycles. The molecule has 0 aromatic rings. The van der Waals surface area contributed by atoms with E-state index in [0.717, 1.165) is 37.0 Å². The van der Waals surface area contributed by atoms with Crippen LogP contribution in [0, 0.1) is 23.2 Å². The molecule has 5 fully saturated rings. The minimum absolute atomic E-state index is 0.0220. The molecule has 0 unspecified atom stereocenters. The van der Waals surface area contributed by atoms with Gasteiger partial charge in [-0.1, -0.05) is 32.5 Å². The average Bonchev–Trinajstić information content (AvgIpc) is 2.85. The Morgan fingerprint density at radius 3 is 2.22 bits per heavy atom. The monoisotopic (exact) mass is 390 g/mol. The highest BCUT2D eigenvalue weighted by Gasteiger charge is 2.51. The summed E-state index contributed by atoms with van der Waals surface area (Å²) < 4.78 is 0. The smallest absolute Gasteiger partial charge is 0.240 e. The van der Waals surface area contributed by atoms with Crippen molar-refractivity contribution in [2.75, 3.05) is 12.3 Å². The Bertz CT molecular complexity index is 671. The number of carbonyl (C=O) groups is 3. The standard InChI is InChI=1S/C21H30N2O3S/c1-20(2,3)16(24)7-19-23(18(26)12-27-19)11-17(25)22-21-8-13-4-14(9-21)6-15(5-13)10-21/h7,13-15H,4-6,8-12H2,1-3H3,(H,22,25)/b19-7-. The topological polar surface area (TPSA) is 66.5 Å². The Hall–Kier alpha value is -1.30. The van der Waals surface area contributed by atoms with Crippen LogP contribution >= 0.6 is 11.8 Å². The molecule has 5 aliphatic rings. The van der Waals surface area contributed by atoms with E-state index in [1.54, 1.807) is 0 Å². The largest absolute Gasteiger partial charge is 0.349 e. The van der Waals surface area contributed by atoms with Gasteiger partial charge in [-0.15, -0.1) is 0 Å². The maximum absolute atomic E-state index is 12.8. The lowest BCUT2D eigenvalue weighted by molar-refractivity contribution is -0.134. The predicted molar refractivity (Wildman–Crippen MR) is 106 cm³/mol. The lowest BCUT2D eigenvalue weighted by Gasteiger charge is -2.57. The molecule has 2 amide bonds. The Balaban J connectivity index is 1.43. The molecule has 1 N–H and O–H groups in total. The van der Waals surface area contributed by atoms with Crippen molar-refractivity contribution in [1.82, 2.24) is 10.2 Å². The van der Waals surface area contributed by atoms with E-state index in [1.807, 2.05) is 20.8 Å². The molecule has 4 bridgehead atoms. The number of carbonyl (C=O) groups excluding carboxylic acids is 3. The number of nitrogens with one attached hydrogen (secondary N) is 1. The third kappa shape index (κ3) is 3.82. The Kier molecular flexibility index (Phi) is 4.68. The quantitative estimate of drug-likeness (QED) is 0.749. The number of amides is 2. The van der Waals surface area contributed by atoms with Gasteiger partial charge in [-0.25, -0.2) is 0 Å². The van der Waals surface area contributed by atoms with Crippen LogP contribution in [-0.4, -0.2) is 40.3 Å². The third-order valence-corrected chi connectivity index (χ3v) is 7.67. The zero-order valence-electron chi connectivity index (χ0n) is 16.5. The lowest BCUT2D eigenvalue weighted by atomic mass is 9.53. The van der Waals surface area contributed by atoms with Gasteiger partial charge in [-0.2, -0.15) is 0 Å². The number of allylic oxidation sites excluding steroid dienone is 1. The van der Waals surface area contributed by atoms with Crippen LogP contribution in [-0.2, 0) is 14.4 Å². The summed E-state index contributed by atoms with van der Waals surface area (Å²) in [6, 6.07) is 0. The first kappa shape index (κ1) is 19.0. The minimum atomic E-state index is -0.494. The van der Waals surface area contributed by atoms with Crippen LogP contribution in [0.15, 0.2) is 11.1 Å². The van der Waals surface area contributed by atoms with Crippen molar-refractivity contribution in [1.29, 1.82) is 0 Å². The van der Waals surface area contributed by atoms with Gasteiger partial charge in [-0.05, 0) is 56.3 Å². The van der Waals surface area contributed by atoms with E-state index >= 15 is 0 Å². The summed E-state index contributed by atoms with van der Waals surface area (Å²) in [7, 11) is 0. The first-order chi connectivity index (χ1) is 12.6. The van der Waals surface area contributed by atoms with Crippen LogP contribution in [0.25, 0.3) is 0 Å². The van der Waals surface area contributed by atoms with Crippen molar-refractivity contribution in [2.24, 2.45) is 23.2 Å². The lowest BCUT2D eigenvalue weighted by Crippen LogP contribution is -2.61. The molecular formula is C21H30N2O3S. The molecule has 1 aliphatic heterocycles. The second-order valence-corrected chi connectivity index (χ2v) is 11.1. The molecule has 0 aromatic carbocycles. The fourth-order valence-corrected chi connectivity index (χ4v) is 6.71. The van der Waals surface area contributed by atoms with E-state index in [9.17, 15) is 14.4 Å². The fourth-order valence-electron chi connectivity index (χ4n) is 5.77.